The predicted octanol–water partition coefficient (Wildman–Crippen LogP) is 6.53. The molecular weight excluding hydrogens is 606 g/mol. The fourth-order valence-electron chi connectivity index (χ4n) is 7.47. The molecule has 5 aliphatic rings. The Bertz CT molecular complexity index is 1430. The van der Waals surface area contributed by atoms with Crippen LogP contribution in [0.1, 0.15) is 82.4 Å². The number of fused-ring (bicyclic) bond motifs is 5. The van der Waals surface area contributed by atoms with E-state index in [2.05, 4.69) is 99.1 Å². The monoisotopic (exact) mass is 653 g/mol. The fraction of sp³-hybridized carbons (Fsp3) is 0.528. The normalized spacial score (nSPS) is 32.1. The van der Waals surface area contributed by atoms with Crippen LogP contribution in [0.2, 0.25) is 0 Å². The summed E-state index contributed by atoms with van der Waals surface area (Å²) in [6.45, 7) is 8.17. The SMILES string of the molecule is C=C1C(=O)OC2C1CCC(C)=CCCC1(C)OC21.CN1C2CCC1CC(OC(c1ccccc1)c1ccccc1)C2.O=S(=O)(O)O. The maximum Gasteiger partial charge on any atom is 0.394 e. The minimum atomic E-state index is -4.67. The summed E-state index contributed by atoms with van der Waals surface area (Å²) in [6, 6.07) is 22.7. The van der Waals surface area contributed by atoms with Gasteiger partial charge < -0.3 is 19.1 Å². The van der Waals surface area contributed by atoms with E-state index >= 15 is 0 Å². The molecule has 2 N–H and O–H groups in total. The molecule has 250 valence electrons. The summed E-state index contributed by atoms with van der Waals surface area (Å²) in [4.78, 5) is 14.3. The molecule has 2 aromatic carbocycles. The number of hydrogen-bond acceptors (Lipinski definition) is 7. The van der Waals surface area contributed by atoms with Gasteiger partial charge in [0.25, 0.3) is 0 Å². The highest BCUT2D eigenvalue weighted by atomic mass is 32.3. The number of allylic oxidation sites excluding steroid dienone is 2. The fourth-order valence-corrected chi connectivity index (χ4v) is 7.47. The number of esters is 1. The molecule has 4 heterocycles. The lowest BCUT2D eigenvalue weighted by Gasteiger charge is -2.38. The molecule has 1 aliphatic carbocycles. The molecule has 46 heavy (non-hydrogen) atoms. The van der Waals surface area contributed by atoms with Gasteiger partial charge in [-0.1, -0.05) is 78.9 Å². The van der Waals surface area contributed by atoms with Gasteiger partial charge in [0, 0.05) is 23.6 Å². The van der Waals surface area contributed by atoms with Gasteiger partial charge in [-0.15, -0.1) is 0 Å². The van der Waals surface area contributed by atoms with Crippen LogP contribution in [-0.4, -0.2) is 71.4 Å². The van der Waals surface area contributed by atoms with Gasteiger partial charge in [0.05, 0.1) is 11.7 Å². The van der Waals surface area contributed by atoms with Crippen molar-refractivity contribution in [1.29, 1.82) is 0 Å². The van der Waals surface area contributed by atoms with Crippen molar-refractivity contribution in [2.75, 3.05) is 7.05 Å². The molecular formula is C36H47NO8S. The van der Waals surface area contributed by atoms with Gasteiger partial charge in [0.15, 0.2) is 0 Å². The third-order valence-electron chi connectivity index (χ3n) is 10.2. The van der Waals surface area contributed by atoms with Gasteiger partial charge in [0.2, 0.25) is 0 Å². The van der Waals surface area contributed by atoms with E-state index in [1.807, 2.05) is 0 Å². The highest BCUT2D eigenvalue weighted by Crippen LogP contribution is 2.49. The average molecular weight is 654 g/mol. The van der Waals surface area contributed by atoms with Crippen molar-refractivity contribution in [2.24, 2.45) is 5.92 Å². The molecule has 2 bridgehead atoms. The number of nitrogens with zero attached hydrogens (tertiary/aromatic N) is 1. The van der Waals surface area contributed by atoms with Crippen LogP contribution >= 0.6 is 0 Å². The van der Waals surface area contributed by atoms with E-state index in [-0.39, 0.29) is 35.8 Å². The van der Waals surface area contributed by atoms with Crippen LogP contribution in [0.25, 0.3) is 0 Å². The summed E-state index contributed by atoms with van der Waals surface area (Å²) in [7, 11) is -2.38. The molecule has 4 aliphatic heterocycles. The third kappa shape index (κ3) is 8.73. The van der Waals surface area contributed by atoms with Gasteiger partial charge in [-0.2, -0.15) is 8.42 Å². The zero-order valence-corrected chi connectivity index (χ0v) is 27.8. The van der Waals surface area contributed by atoms with Crippen LogP contribution in [0.3, 0.4) is 0 Å². The number of rotatable bonds is 4. The molecule has 0 aromatic heterocycles. The van der Waals surface area contributed by atoms with E-state index in [9.17, 15) is 4.79 Å². The smallest absolute Gasteiger partial charge is 0.394 e. The van der Waals surface area contributed by atoms with E-state index < -0.39 is 10.4 Å². The van der Waals surface area contributed by atoms with Crippen LogP contribution in [-0.2, 0) is 29.4 Å². The van der Waals surface area contributed by atoms with Gasteiger partial charge >= 0.3 is 16.4 Å². The van der Waals surface area contributed by atoms with Crippen LogP contribution < -0.4 is 0 Å². The second-order valence-electron chi connectivity index (χ2n) is 13.4. The number of ether oxygens (including phenoxy) is 3. The van der Waals surface area contributed by atoms with Crippen molar-refractivity contribution in [1.82, 2.24) is 4.90 Å². The van der Waals surface area contributed by atoms with E-state index in [0.717, 1.165) is 25.7 Å². The molecule has 4 saturated heterocycles. The van der Waals surface area contributed by atoms with Crippen molar-refractivity contribution in [3.05, 3.63) is 95.6 Å². The number of hydrogen-bond donors (Lipinski definition) is 2. The van der Waals surface area contributed by atoms with Gasteiger partial charge in [0.1, 0.15) is 18.3 Å². The number of benzene rings is 2. The van der Waals surface area contributed by atoms with Crippen LogP contribution in [0.5, 0.6) is 0 Å². The molecule has 4 fully saturated rings. The first-order valence-electron chi connectivity index (χ1n) is 16.2. The summed E-state index contributed by atoms with van der Waals surface area (Å²) in [6.07, 6.45) is 11.7. The lowest BCUT2D eigenvalue weighted by Crippen LogP contribution is -2.43. The molecule has 0 saturated carbocycles. The molecule has 9 nitrogen and oxygen atoms in total. The summed E-state index contributed by atoms with van der Waals surface area (Å²) in [5, 5.41) is 0. The molecule has 2 aromatic rings. The number of piperidine rings is 1. The topological polar surface area (TPSA) is 126 Å². The molecule has 6 atom stereocenters. The van der Waals surface area contributed by atoms with Crippen LogP contribution in [0.4, 0.5) is 0 Å². The maximum absolute atomic E-state index is 11.7. The second-order valence-corrected chi connectivity index (χ2v) is 14.3. The first kappa shape index (κ1) is 34.5. The molecule has 0 radical (unpaired) electrons. The highest BCUT2D eigenvalue weighted by molar-refractivity contribution is 7.79. The van der Waals surface area contributed by atoms with Crippen molar-refractivity contribution in [2.45, 2.75) is 107 Å². The third-order valence-corrected chi connectivity index (χ3v) is 10.2. The van der Waals surface area contributed by atoms with E-state index in [4.69, 9.17) is 31.7 Å². The van der Waals surface area contributed by atoms with Crippen molar-refractivity contribution < 1.29 is 36.5 Å². The molecule has 0 amide bonds. The molecule has 7 rings (SSSR count). The zero-order chi connectivity index (χ0) is 33.1. The quantitative estimate of drug-likeness (QED) is 0.125. The number of carbonyl (C=O) groups excluding carboxylic acids is 1. The van der Waals surface area contributed by atoms with E-state index in [1.54, 1.807) is 0 Å². The molecule has 0 spiro atoms. The van der Waals surface area contributed by atoms with Crippen LogP contribution in [0.15, 0.2) is 84.5 Å². The Hall–Kier alpha value is -2.86. The Kier molecular flexibility index (Phi) is 10.9. The van der Waals surface area contributed by atoms with E-state index in [0.29, 0.717) is 23.8 Å². The Labute approximate surface area is 273 Å². The molecule has 10 heteroatoms. The first-order valence-corrected chi connectivity index (χ1v) is 17.6. The lowest BCUT2D eigenvalue weighted by molar-refractivity contribution is -0.140. The Balaban J connectivity index is 0.000000162. The Morgan fingerprint density at radius 3 is 2.07 bits per heavy atom. The summed E-state index contributed by atoms with van der Waals surface area (Å²) < 4.78 is 49.6. The first-order chi connectivity index (χ1) is 21.8. The van der Waals surface area contributed by atoms with Crippen molar-refractivity contribution in [3.8, 4) is 0 Å². The van der Waals surface area contributed by atoms with E-state index in [1.165, 1.54) is 42.4 Å². The average Bonchev–Trinajstić information content (AvgIpc) is 3.55. The van der Waals surface area contributed by atoms with Crippen LogP contribution in [0, 0.1) is 5.92 Å². The maximum atomic E-state index is 11.7. The summed E-state index contributed by atoms with van der Waals surface area (Å²) in [5.74, 6) is -0.102. The summed E-state index contributed by atoms with van der Waals surface area (Å²) in [5.41, 5.74) is 4.42. The second kappa shape index (κ2) is 14.5. The lowest BCUT2D eigenvalue weighted by atomic mass is 9.84. The minimum Gasteiger partial charge on any atom is -0.455 e. The number of epoxide rings is 1. The van der Waals surface area contributed by atoms with Crippen molar-refractivity contribution in [3.63, 3.8) is 0 Å². The standard InChI is InChI=1S/C21H25NO.C15H20O3.H2O4S/c1-22-18-12-13-19(22)15-20(14-18)23-21(16-8-4-2-5-9-16)17-10-6-3-7-11-17;1-9-5-4-8-15(3)13(18-15)12-11(7-6-9)10(2)14(16)17-12;1-5(2,3)4/h2-11,18-21H,12-15H2,1H3;5,11-13H,2,4,6-8H2,1,3H3;(H2,1,2,3,4). The Morgan fingerprint density at radius 1 is 0.978 bits per heavy atom. The van der Waals surface area contributed by atoms with Crippen molar-refractivity contribution >= 4 is 16.4 Å². The largest absolute Gasteiger partial charge is 0.455 e. The zero-order valence-electron chi connectivity index (χ0n) is 27.0. The Morgan fingerprint density at radius 2 is 1.52 bits per heavy atom. The predicted molar refractivity (Wildman–Crippen MR) is 176 cm³/mol. The van der Waals surface area contributed by atoms with Gasteiger partial charge in [-0.3, -0.25) is 9.11 Å². The molecule has 6 unspecified atom stereocenters. The summed E-state index contributed by atoms with van der Waals surface area (Å²) >= 11 is 0. The van der Waals surface area contributed by atoms with Gasteiger partial charge in [-0.25, -0.2) is 4.79 Å². The highest BCUT2D eigenvalue weighted by Gasteiger charge is 2.61. The number of carbonyl (C=O) groups is 1. The van der Waals surface area contributed by atoms with Gasteiger partial charge in [-0.05, 0) is 83.4 Å². The minimum absolute atomic E-state index is 0.0465.